The fraction of sp³-hybridized carbons (Fsp3) is 0.222. The molecule has 0 fully saturated rings. The van der Waals surface area contributed by atoms with Gasteiger partial charge >= 0.3 is 0 Å². The minimum Gasteiger partial charge on any atom is -0.333 e. The Bertz CT molecular complexity index is 717. The first-order valence-corrected chi connectivity index (χ1v) is 7.50. The molecule has 0 aliphatic carbocycles. The smallest absolute Gasteiger partial charge is 0.244 e. The highest BCUT2D eigenvalue weighted by molar-refractivity contribution is 5.94. The van der Waals surface area contributed by atoms with E-state index >= 15 is 0 Å². The molecule has 2 rings (SSSR count). The lowest BCUT2D eigenvalue weighted by atomic mass is 10.1. The molecule has 0 saturated carbocycles. The summed E-state index contributed by atoms with van der Waals surface area (Å²) in [5, 5.41) is 2.44. The summed E-state index contributed by atoms with van der Waals surface area (Å²) in [6.45, 7) is 1.50. The van der Waals surface area contributed by atoms with Gasteiger partial charge in [0.1, 0.15) is 11.6 Å². The molecule has 0 spiro atoms. The van der Waals surface area contributed by atoms with Crippen LogP contribution in [0.2, 0.25) is 0 Å². The summed E-state index contributed by atoms with van der Waals surface area (Å²) in [4.78, 5) is 25.1. The first-order chi connectivity index (χ1) is 11.5. The van der Waals surface area contributed by atoms with E-state index in [0.29, 0.717) is 13.0 Å². The number of carbonyl (C=O) groups is 2. The second-order valence-corrected chi connectivity index (χ2v) is 5.35. The molecule has 0 aliphatic heterocycles. The van der Waals surface area contributed by atoms with Crippen LogP contribution in [0.1, 0.15) is 12.5 Å². The number of amides is 2. The maximum absolute atomic E-state index is 13.5. The van der Waals surface area contributed by atoms with Gasteiger partial charge in [-0.15, -0.1) is 0 Å². The van der Waals surface area contributed by atoms with Crippen molar-refractivity contribution < 1.29 is 18.4 Å². The van der Waals surface area contributed by atoms with Crippen LogP contribution in [0.25, 0.3) is 0 Å². The summed E-state index contributed by atoms with van der Waals surface area (Å²) in [6.07, 6.45) is 0.493. The normalized spacial score (nSPS) is 10.3. The van der Waals surface area contributed by atoms with Crippen LogP contribution in [-0.2, 0) is 16.0 Å². The van der Waals surface area contributed by atoms with E-state index in [4.69, 9.17) is 0 Å². The fourth-order valence-corrected chi connectivity index (χ4v) is 2.19. The number of hydrogen-bond acceptors (Lipinski definition) is 2. The highest BCUT2D eigenvalue weighted by Crippen LogP contribution is 2.12. The van der Waals surface area contributed by atoms with Crippen molar-refractivity contribution in [2.75, 3.05) is 18.4 Å². The third-order valence-electron chi connectivity index (χ3n) is 3.51. The molecule has 0 unspecified atom stereocenters. The zero-order chi connectivity index (χ0) is 17.5. The lowest BCUT2D eigenvalue weighted by Gasteiger charge is -2.20. The molecule has 0 aromatic heterocycles. The average molecular weight is 332 g/mol. The molecule has 6 heteroatoms. The summed E-state index contributed by atoms with van der Waals surface area (Å²) in [5.41, 5.74) is 0.932. The van der Waals surface area contributed by atoms with Gasteiger partial charge in [0.25, 0.3) is 0 Å². The Morgan fingerprint density at radius 3 is 2.33 bits per heavy atom. The van der Waals surface area contributed by atoms with Crippen molar-refractivity contribution in [2.45, 2.75) is 13.3 Å². The number of halogens is 2. The summed E-state index contributed by atoms with van der Waals surface area (Å²) >= 11 is 0. The molecule has 0 heterocycles. The largest absolute Gasteiger partial charge is 0.333 e. The van der Waals surface area contributed by atoms with Gasteiger partial charge in [0.15, 0.2) is 0 Å². The minimum absolute atomic E-state index is 0.0736. The maximum Gasteiger partial charge on any atom is 0.244 e. The molecule has 2 aromatic rings. The molecule has 0 atom stereocenters. The Labute approximate surface area is 139 Å². The number of anilines is 1. The van der Waals surface area contributed by atoms with Crippen LogP contribution in [0.3, 0.4) is 0 Å². The Morgan fingerprint density at radius 2 is 1.71 bits per heavy atom. The first kappa shape index (κ1) is 17.6. The summed E-state index contributed by atoms with van der Waals surface area (Å²) in [7, 11) is 0. The molecule has 0 radical (unpaired) electrons. The van der Waals surface area contributed by atoms with Crippen LogP contribution in [0.4, 0.5) is 14.5 Å². The van der Waals surface area contributed by atoms with E-state index in [1.165, 1.54) is 42.2 Å². The lowest BCUT2D eigenvalue weighted by molar-refractivity contribution is -0.132. The lowest BCUT2D eigenvalue weighted by Crippen LogP contribution is -2.38. The third-order valence-corrected chi connectivity index (χ3v) is 3.51. The van der Waals surface area contributed by atoms with Crippen molar-refractivity contribution >= 4 is 17.5 Å². The van der Waals surface area contributed by atoms with Crippen LogP contribution < -0.4 is 5.32 Å². The SMILES string of the molecule is CC(=O)N(CCc1ccc(F)cc1)CC(=O)Nc1ccccc1F. The number of benzene rings is 2. The zero-order valence-electron chi connectivity index (χ0n) is 13.3. The quantitative estimate of drug-likeness (QED) is 0.884. The molecule has 0 saturated heterocycles. The maximum atomic E-state index is 13.5. The Hall–Kier alpha value is -2.76. The van der Waals surface area contributed by atoms with Crippen LogP contribution in [0, 0.1) is 11.6 Å². The molecule has 126 valence electrons. The predicted molar refractivity (Wildman–Crippen MR) is 87.4 cm³/mol. The predicted octanol–water partition coefficient (Wildman–Crippen LogP) is 2.99. The molecular weight excluding hydrogens is 314 g/mol. The van der Waals surface area contributed by atoms with Crippen LogP contribution in [0.5, 0.6) is 0 Å². The Morgan fingerprint density at radius 1 is 1.04 bits per heavy atom. The van der Waals surface area contributed by atoms with Gasteiger partial charge in [-0.2, -0.15) is 0 Å². The number of rotatable bonds is 6. The second-order valence-electron chi connectivity index (χ2n) is 5.35. The highest BCUT2D eigenvalue weighted by Gasteiger charge is 2.14. The van der Waals surface area contributed by atoms with Crippen molar-refractivity contribution in [3.8, 4) is 0 Å². The number of para-hydroxylation sites is 1. The van der Waals surface area contributed by atoms with Crippen molar-refractivity contribution in [3.05, 3.63) is 65.7 Å². The Kier molecular flexibility index (Phi) is 6.01. The molecule has 1 N–H and O–H groups in total. The van der Waals surface area contributed by atoms with Gasteiger partial charge in [0.05, 0.1) is 12.2 Å². The number of carbonyl (C=O) groups excluding carboxylic acids is 2. The molecule has 4 nitrogen and oxygen atoms in total. The van der Waals surface area contributed by atoms with Crippen LogP contribution >= 0.6 is 0 Å². The van der Waals surface area contributed by atoms with Gasteiger partial charge in [-0.25, -0.2) is 8.78 Å². The minimum atomic E-state index is -0.536. The van der Waals surface area contributed by atoms with Gasteiger partial charge in [-0.3, -0.25) is 9.59 Å². The van der Waals surface area contributed by atoms with Gasteiger partial charge in [0.2, 0.25) is 11.8 Å². The van der Waals surface area contributed by atoms with Crippen LogP contribution in [0.15, 0.2) is 48.5 Å². The average Bonchev–Trinajstić information content (AvgIpc) is 2.55. The number of nitrogens with one attached hydrogen (secondary N) is 1. The van der Waals surface area contributed by atoms with Crippen molar-refractivity contribution in [2.24, 2.45) is 0 Å². The van der Waals surface area contributed by atoms with E-state index in [-0.39, 0.29) is 24.0 Å². The van der Waals surface area contributed by atoms with Crippen molar-refractivity contribution in [3.63, 3.8) is 0 Å². The van der Waals surface area contributed by atoms with Gasteiger partial charge in [0, 0.05) is 13.5 Å². The Balaban J connectivity index is 1.93. The van der Waals surface area contributed by atoms with Crippen LogP contribution in [-0.4, -0.2) is 29.8 Å². The fourth-order valence-electron chi connectivity index (χ4n) is 2.19. The summed E-state index contributed by atoms with van der Waals surface area (Å²) in [5.74, 6) is -1.60. The van der Waals surface area contributed by atoms with Gasteiger partial charge in [-0.05, 0) is 36.2 Å². The van der Waals surface area contributed by atoms with E-state index in [2.05, 4.69) is 5.32 Å². The topological polar surface area (TPSA) is 49.4 Å². The van der Waals surface area contributed by atoms with E-state index in [1.54, 1.807) is 18.2 Å². The monoisotopic (exact) mass is 332 g/mol. The van der Waals surface area contributed by atoms with Crippen molar-refractivity contribution in [1.29, 1.82) is 0 Å². The first-order valence-electron chi connectivity index (χ1n) is 7.50. The third kappa shape index (κ3) is 5.15. The second kappa shape index (κ2) is 8.19. The zero-order valence-corrected chi connectivity index (χ0v) is 13.3. The molecule has 2 amide bonds. The van der Waals surface area contributed by atoms with E-state index < -0.39 is 11.7 Å². The molecule has 24 heavy (non-hydrogen) atoms. The van der Waals surface area contributed by atoms with E-state index in [0.717, 1.165) is 5.56 Å². The highest BCUT2D eigenvalue weighted by atomic mass is 19.1. The number of hydrogen-bond donors (Lipinski definition) is 1. The van der Waals surface area contributed by atoms with E-state index in [9.17, 15) is 18.4 Å². The standard InChI is InChI=1S/C18H18F2N2O2/c1-13(23)22(11-10-14-6-8-15(19)9-7-14)12-18(24)21-17-5-3-2-4-16(17)20/h2-9H,10-12H2,1H3,(H,21,24). The summed E-state index contributed by atoms with van der Waals surface area (Å²) in [6, 6.07) is 11.8. The van der Waals surface area contributed by atoms with Gasteiger partial charge in [-0.1, -0.05) is 24.3 Å². The molecule has 2 aromatic carbocycles. The molecule has 0 bridgehead atoms. The van der Waals surface area contributed by atoms with E-state index in [1.807, 2.05) is 0 Å². The summed E-state index contributed by atoms with van der Waals surface area (Å²) < 4.78 is 26.4. The van der Waals surface area contributed by atoms with Crippen molar-refractivity contribution in [1.82, 2.24) is 4.90 Å². The number of nitrogens with zero attached hydrogens (tertiary/aromatic N) is 1. The molecule has 0 aliphatic rings. The molecular formula is C18H18F2N2O2. The van der Waals surface area contributed by atoms with Gasteiger partial charge < -0.3 is 10.2 Å².